The highest BCUT2D eigenvalue weighted by molar-refractivity contribution is 7.13. The van der Waals surface area contributed by atoms with E-state index in [0.717, 1.165) is 9.78 Å². The molecule has 8 nitrogen and oxygen atoms in total. The molecule has 29 heavy (non-hydrogen) atoms. The molecule has 1 N–H and O–H groups in total. The second-order valence-corrected chi connectivity index (χ2v) is 7.54. The van der Waals surface area contributed by atoms with Gasteiger partial charge in [0.2, 0.25) is 5.89 Å². The van der Waals surface area contributed by atoms with Gasteiger partial charge in [0.25, 0.3) is 5.91 Å². The zero-order chi connectivity index (χ0) is 20.4. The van der Waals surface area contributed by atoms with Crippen molar-refractivity contribution in [2.75, 3.05) is 6.54 Å². The predicted octanol–water partition coefficient (Wildman–Crippen LogP) is 2.91. The highest BCUT2D eigenvalue weighted by atomic mass is 32.1. The van der Waals surface area contributed by atoms with Gasteiger partial charge in [-0.05, 0) is 23.9 Å². The van der Waals surface area contributed by atoms with Gasteiger partial charge >= 0.3 is 12.0 Å². The summed E-state index contributed by atoms with van der Waals surface area (Å²) in [4.78, 5) is 43.2. The maximum Gasteiger partial charge on any atom is 0.326 e. The van der Waals surface area contributed by atoms with E-state index in [1.54, 1.807) is 31.2 Å². The SMILES string of the molecule is C[C@@]1(c2ccccc2)NC(=O)N(CC(=O)OCc2coc(-c3cccs3)n2)C1=O. The van der Waals surface area contributed by atoms with Gasteiger partial charge in [-0.3, -0.25) is 14.5 Å². The molecular weight excluding hydrogens is 394 g/mol. The Hall–Kier alpha value is -3.46. The molecule has 148 valence electrons. The van der Waals surface area contributed by atoms with E-state index in [4.69, 9.17) is 9.15 Å². The smallest absolute Gasteiger partial charge is 0.326 e. The first-order valence-electron chi connectivity index (χ1n) is 8.81. The number of benzene rings is 1. The van der Waals surface area contributed by atoms with Gasteiger partial charge in [0.05, 0.1) is 4.88 Å². The van der Waals surface area contributed by atoms with E-state index in [0.29, 0.717) is 17.1 Å². The summed E-state index contributed by atoms with van der Waals surface area (Å²) in [5.74, 6) is -0.780. The Balaban J connectivity index is 1.37. The van der Waals surface area contributed by atoms with Crippen LogP contribution in [0.2, 0.25) is 0 Å². The van der Waals surface area contributed by atoms with Crippen molar-refractivity contribution >= 4 is 29.2 Å². The predicted molar refractivity (Wildman–Crippen MR) is 104 cm³/mol. The first-order chi connectivity index (χ1) is 14.0. The lowest BCUT2D eigenvalue weighted by Crippen LogP contribution is -2.41. The van der Waals surface area contributed by atoms with Gasteiger partial charge in [-0.15, -0.1) is 11.3 Å². The molecule has 0 unspecified atom stereocenters. The normalized spacial score (nSPS) is 18.7. The largest absolute Gasteiger partial charge is 0.458 e. The number of carbonyl (C=O) groups excluding carboxylic acids is 3. The molecule has 1 atom stereocenters. The van der Waals surface area contributed by atoms with Crippen LogP contribution in [0.3, 0.4) is 0 Å². The zero-order valence-electron chi connectivity index (χ0n) is 15.5. The van der Waals surface area contributed by atoms with Crippen LogP contribution in [-0.4, -0.2) is 34.3 Å². The van der Waals surface area contributed by atoms with E-state index in [-0.39, 0.29) is 6.61 Å². The van der Waals surface area contributed by atoms with Crippen molar-refractivity contribution in [1.82, 2.24) is 15.2 Å². The first kappa shape index (κ1) is 18.9. The number of urea groups is 1. The molecule has 0 saturated carbocycles. The molecule has 9 heteroatoms. The van der Waals surface area contributed by atoms with Crippen LogP contribution in [0.15, 0.2) is 58.5 Å². The van der Waals surface area contributed by atoms with Crippen molar-refractivity contribution in [3.8, 4) is 10.8 Å². The highest BCUT2D eigenvalue weighted by Gasteiger charge is 2.49. The van der Waals surface area contributed by atoms with Crippen LogP contribution in [-0.2, 0) is 26.5 Å². The minimum Gasteiger partial charge on any atom is -0.458 e. The summed E-state index contributed by atoms with van der Waals surface area (Å²) in [6.07, 6.45) is 1.41. The van der Waals surface area contributed by atoms with E-state index >= 15 is 0 Å². The van der Waals surface area contributed by atoms with Crippen molar-refractivity contribution in [1.29, 1.82) is 0 Å². The molecule has 3 amide bonds. The van der Waals surface area contributed by atoms with E-state index < -0.39 is 30.0 Å². The number of carbonyl (C=O) groups is 3. The van der Waals surface area contributed by atoms with E-state index in [2.05, 4.69) is 10.3 Å². The molecule has 0 bridgehead atoms. The summed E-state index contributed by atoms with van der Waals surface area (Å²) in [6, 6.07) is 12.0. The first-order valence-corrected chi connectivity index (χ1v) is 9.69. The number of amides is 3. The van der Waals surface area contributed by atoms with Gasteiger partial charge in [0.15, 0.2) is 0 Å². The number of ether oxygens (including phenoxy) is 1. The Labute approximate surface area is 170 Å². The summed E-state index contributed by atoms with van der Waals surface area (Å²) >= 11 is 1.48. The van der Waals surface area contributed by atoms with Gasteiger partial charge in [-0.25, -0.2) is 9.78 Å². The van der Waals surface area contributed by atoms with Crippen LogP contribution in [0.5, 0.6) is 0 Å². The molecule has 0 radical (unpaired) electrons. The Morgan fingerprint density at radius 3 is 2.76 bits per heavy atom. The average Bonchev–Trinajstić information content (AvgIpc) is 3.45. The molecule has 1 aliphatic rings. The second-order valence-electron chi connectivity index (χ2n) is 6.59. The van der Waals surface area contributed by atoms with Crippen molar-refractivity contribution in [2.45, 2.75) is 19.1 Å². The third-order valence-electron chi connectivity index (χ3n) is 4.58. The van der Waals surface area contributed by atoms with Crippen LogP contribution < -0.4 is 5.32 Å². The molecular formula is C20H17N3O5S. The molecule has 1 fully saturated rings. The van der Waals surface area contributed by atoms with Crippen LogP contribution >= 0.6 is 11.3 Å². The molecule has 1 aromatic carbocycles. The fourth-order valence-corrected chi connectivity index (χ4v) is 3.68. The average molecular weight is 411 g/mol. The molecule has 3 heterocycles. The lowest BCUT2D eigenvalue weighted by molar-refractivity contribution is -0.148. The number of esters is 1. The van der Waals surface area contributed by atoms with Crippen molar-refractivity contribution < 1.29 is 23.5 Å². The lowest BCUT2D eigenvalue weighted by atomic mass is 9.92. The molecule has 2 aromatic heterocycles. The van der Waals surface area contributed by atoms with E-state index in [1.165, 1.54) is 17.6 Å². The number of rotatable bonds is 6. The maximum atomic E-state index is 12.8. The Bertz CT molecular complexity index is 1050. The van der Waals surface area contributed by atoms with Gasteiger partial charge in [-0.1, -0.05) is 36.4 Å². The van der Waals surface area contributed by atoms with Crippen molar-refractivity contribution in [2.24, 2.45) is 0 Å². The van der Waals surface area contributed by atoms with Gasteiger partial charge in [-0.2, -0.15) is 0 Å². The van der Waals surface area contributed by atoms with Crippen molar-refractivity contribution in [3.63, 3.8) is 0 Å². The Morgan fingerprint density at radius 1 is 1.24 bits per heavy atom. The number of nitrogens with zero attached hydrogens (tertiary/aromatic N) is 2. The third-order valence-corrected chi connectivity index (χ3v) is 5.44. The maximum absolute atomic E-state index is 12.8. The molecule has 4 rings (SSSR count). The number of aromatic nitrogens is 1. The fourth-order valence-electron chi connectivity index (χ4n) is 3.02. The monoisotopic (exact) mass is 411 g/mol. The van der Waals surface area contributed by atoms with E-state index in [1.807, 2.05) is 23.6 Å². The van der Waals surface area contributed by atoms with Crippen molar-refractivity contribution in [3.05, 3.63) is 65.4 Å². The minimum atomic E-state index is -1.22. The summed E-state index contributed by atoms with van der Waals surface area (Å²) < 4.78 is 10.5. The number of thiophene rings is 1. The number of oxazole rings is 1. The molecule has 3 aromatic rings. The topological polar surface area (TPSA) is 102 Å². The zero-order valence-corrected chi connectivity index (χ0v) is 16.3. The Morgan fingerprint density at radius 2 is 2.03 bits per heavy atom. The van der Waals surface area contributed by atoms with Crippen LogP contribution in [0.1, 0.15) is 18.2 Å². The van der Waals surface area contributed by atoms with Crippen LogP contribution in [0, 0.1) is 0 Å². The van der Waals surface area contributed by atoms with E-state index in [9.17, 15) is 14.4 Å². The quantitative estimate of drug-likeness (QED) is 0.494. The van der Waals surface area contributed by atoms with Gasteiger partial charge < -0.3 is 14.5 Å². The highest BCUT2D eigenvalue weighted by Crippen LogP contribution is 2.28. The lowest BCUT2D eigenvalue weighted by Gasteiger charge is -2.21. The number of hydrogen-bond donors (Lipinski definition) is 1. The molecule has 0 aliphatic carbocycles. The van der Waals surface area contributed by atoms with Crippen LogP contribution in [0.4, 0.5) is 4.79 Å². The summed E-state index contributed by atoms with van der Waals surface area (Å²) in [6.45, 7) is 1.01. The minimum absolute atomic E-state index is 0.118. The number of nitrogens with one attached hydrogen (secondary N) is 1. The molecule has 1 saturated heterocycles. The Kier molecular flexibility index (Phi) is 4.89. The number of imide groups is 1. The standard InChI is InChI=1S/C20H17N3O5S/c1-20(13-6-3-2-4-7-13)18(25)23(19(26)22-20)10-16(24)27-11-14-12-28-17(21-14)15-8-5-9-29-15/h2-9,12H,10-11H2,1H3,(H,22,26)/t20-/m0/s1. The summed E-state index contributed by atoms with van der Waals surface area (Å²) in [5.41, 5.74) is -0.147. The van der Waals surface area contributed by atoms with Crippen LogP contribution in [0.25, 0.3) is 10.8 Å². The molecule has 0 spiro atoms. The third kappa shape index (κ3) is 3.64. The summed E-state index contributed by atoms with van der Waals surface area (Å²) in [5, 5.41) is 4.55. The second kappa shape index (κ2) is 7.51. The van der Waals surface area contributed by atoms with Gasteiger partial charge in [0.1, 0.15) is 30.6 Å². The summed E-state index contributed by atoms with van der Waals surface area (Å²) in [7, 11) is 0. The number of hydrogen-bond acceptors (Lipinski definition) is 7. The molecule has 1 aliphatic heterocycles. The van der Waals surface area contributed by atoms with Gasteiger partial charge in [0, 0.05) is 0 Å². The fraction of sp³-hybridized carbons (Fsp3) is 0.200.